The smallest absolute Gasteiger partial charge is 0.312 e. The van der Waals surface area contributed by atoms with E-state index in [2.05, 4.69) is 5.92 Å². The molecule has 0 amide bonds. The molecule has 0 saturated carbocycles. The summed E-state index contributed by atoms with van der Waals surface area (Å²) in [6.07, 6.45) is 4.71. The second kappa shape index (κ2) is 7.57. The van der Waals surface area contributed by atoms with Crippen LogP contribution in [0.15, 0.2) is 59.5 Å². The summed E-state index contributed by atoms with van der Waals surface area (Å²) in [5.41, 5.74) is -0.102. The van der Waals surface area contributed by atoms with Gasteiger partial charge >= 0.3 is 5.97 Å². The highest BCUT2D eigenvalue weighted by Crippen LogP contribution is 2.59. The Kier molecular flexibility index (Phi) is 5.57. The van der Waals surface area contributed by atoms with Crippen molar-refractivity contribution in [3.05, 3.63) is 65.7 Å². The van der Waals surface area contributed by atoms with Crippen LogP contribution >= 0.6 is 0 Å². The summed E-state index contributed by atoms with van der Waals surface area (Å²) >= 11 is 0. The quantitative estimate of drug-likeness (QED) is 0.411. The molecule has 1 fully saturated rings. The Bertz CT molecular complexity index is 1080. The molecule has 1 aliphatic rings. The van der Waals surface area contributed by atoms with E-state index >= 15 is 0 Å². The van der Waals surface area contributed by atoms with Crippen molar-refractivity contribution in [2.45, 2.75) is 57.2 Å². The van der Waals surface area contributed by atoms with Crippen LogP contribution in [-0.2, 0) is 19.6 Å². The Morgan fingerprint density at radius 2 is 1.70 bits per heavy atom. The number of terminal acetylenes is 1. The number of benzene rings is 2. The molecule has 1 saturated heterocycles. The maximum Gasteiger partial charge on any atom is 0.312 e. The molecule has 3 rings (SSSR count). The van der Waals surface area contributed by atoms with Crippen LogP contribution in [0.4, 0.5) is 0 Å². The largest absolute Gasteiger partial charge is 0.447 e. The van der Waals surface area contributed by atoms with Gasteiger partial charge in [-0.05, 0) is 52.3 Å². The fourth-order valence-electron chi connectivity index (χ4n) is 3.57. The van der Waals surface area contributed by atoms with Gasteiger partial charge in [0.15, 0.2) is 6.10 Å². The van der Waals surface area contributed by atoms with Gasteiger partial charge in [0.25, 0.3) is 0 Å². The zero-order valence-corrected chi connectivity index (χ0v) is 18.7. The zero-order chi connectivity index (χ0) is 22.3. The molecule has 158 valence electrons. The minimum atomic E-state index is -3.87. The summed E-state index contributed by atoms with van der Waals surface area (Å²) in [4.78, 5) is 12.7. The molecule has 30 heavy (non-hydrogen) atoms. The fraction of sp³-hybridized carbons (Fsp3) is 0.375. The van der Waals surface area contributed by atoms with Crippen molar-refractivity contribution in [1.29, 1.82) is 0 Å². The first-order valence-corrected chi connectivity index (χ1v) is 11.2. The van der Waals surface area contributed by atoms with Crippen molar-refractivity contribution >= 4 is 16.0 Å². The SMILES string of the molecule is C#C[C@@H](OC(=O)C(C)(C)C)[C@@]1(C)[C@H](c2ccccc2)N1S(=O)(=O)c1ccc(C)cc1. The third-order valence-corrected chi connectivity index (χ3v) is 7.40. The molecule has 4 atom stereocenters. The normalized spacial score (nSPS) is 24.5. The number of carbonyl (C=O) groups is 1. The van der Waals surface area contributed by atoms with Crippen LogP contribution in [0.1, 0.15) is 44.9 Å². The van der Waals surface area contributed by atoms with Gasteiger partial charge in [-0.2, -0.15) is 4.31 Å². The van der Waals surface area contributed by atoms with E-state index in [0.717, 1.165) is 11.1 Å². The van der Waals surface area contributed by atoms with E-state index in [1.54, 1.807) is 52.0 Å². The monoisotopic (exact) mass is 425 g/mol. The molecule has 5 nitrogen and oxygen atoms in total. The lowest BCUT2D eigenvalue weighted by Gasteiger charge is -2.24. The molecular weight excluding hydrogens is 398 g/mol. The van der Waals surface area contributed by atoms with Gasteiger partial charge in [-0.3, -0.25) is 4.79 Å². The van der Waals surface area contributed by atoms with Gasteiger partial charge in [-0.1, -0.05) is 53.9 Å². The maximum atomic E-state index is 13.5. The van der Waals surface area contributed by atoms with E-state index in [-0.39, 0.29) is 4.90 Å². The average Bonchev–Trinajstić information content (AvgIpc) is 3.34. The van der Waals surface area contributed by atoms with Gasteiger partial charge in [0.2, 0.25) is 10.0 Å². The number of hydrogen-bond donors (Lipinski definition) is 0. The highest BCUT2D eigenvalue weighted by molar-refractivity contribution is 7.89. The van der Waals surface area contributed by atoms with Crippen molar-refractivity contribution in [3.8, 4) is 12.3 Å². The minimum absolute atomic E-state index is 0.177. The van der Waals surface area contributed by atoms with Crippen LogP contribution in [0.2, 0.25) is 0 Å². The first kappa shape index (κ1) is 22.1. The van der Waals surface area contributed by atoms with E-state index in [1.165, 1.54) is 4.31 Å². The summed E-state index contributed by atoms with van der Waals surface area (Å²) in [6.45, 7) is 8.82. The Morgan fingerprint density at radius 1 is 1.13 bits per heavy atom. The lowest BCUT2D eigenvalue weighted by Crippen LogP contribution is -2.39. The van der Waals surface area contributed by atoms with E-state index in [4.69, 9.17) is 11.2 Å². The molecule has 0 radical (unpaired) electrons. The van der Waals surface area contributed by atoms with E-state index in [0.29, 0.717) is 0 Å². The molecule has 2 aromatic carbocycles. The Balaban J connectivity index is 2.06. The van der Waals surface area contributed by atoms with Crippen molar-refractivity contribution in [2.24, 2.45) is 5.41 Å². The Morgan fingerprint density at radius 3 is 2.20 bits per heavy atom. The van der Waals surface area contributed by atoms with Gasteiger partial charge < -0.3 is 4.74 Å². The van der Waals surface area contributed by atoms with E-state index in [9.17, 15) is 13.2 Å². The Labute approximate surface area is 179 Å². The molecule has 0 aliphatic carbocycles. The molecule has 0 N–H and O–H groups in total. The summed E-state index contributed by atoms with van der Waals surface area (Å²) in [5, 5.41) is 0. The van der Waals surface area contributed by atoms with Crippen molar-refractivity contribution < 1.29 is 17.9 Å². The van der Waals surface area contributed by atoms with Crippen molar-refractivity contribution in [3.63, 3.8) is 0 Å². The predicted octanol–water partition coefficient (Wildman–Crippen LogP) is 4.09. The van der Waals surface area contributed by atoms with Crippen molar-refractivity contribution in [2.75, 3.05) is 0 Å². The highest BCUT2D eigenvalue weighted by Gasteiger charge is 2.71. The molecular formula is C24H27NO4S. The average molecular weight is 426 g/mol. The third-order valence-electron chi connectivity index (χ3n) is 5.41. The lowest BCUT2D eigenvalue weighted by molar-refractivity contribution is -0.157. The second-order valence-corrected chi connectivity index (χ2v) is 10.7. The third kappa shape index (κ3) is 3.76. The summed E-state index contributed by atoms with van der Waals surface area (Å²) in [6, 6.07) is 15.4. The number of nitrogens with zero attached hydrogens (tertiary/aromatic N) is 1. The highest BCUT2D eigenvalue weighted by atomic mass is 32.2. The number of ether oxygens (including phenoxy) is 1. The van der Waals surface area contributed by atoms with Crippen LogP contribution in [0.5, 0.6) is 0 Å². The number of carbonyl (C=O) groups excluding carboxylic acids is 1. The van der Waals surface area contributed by atoms with Gasteiger partial charge in [-0.15, -0.1) is 6.42 Å². The fourth-order valence-corrected chi connectivity index (χ4v) is 5.55. The molecule has 0 aromatic heterocycles. The van der Waals surface area contributed by atoms with Crippen LogP contribution in [0.25, 0.3) is 0 Å². The van der Waals surface area contributed by atoms with E-state index < -0.39 is 39.1 Å². The molecule has 0 spiro atoms. The standard InChI is InChI=1S/C24H27NO4S/c1-7-20(29-22(26)23(3,4)5)24(6)21(18-11-9-8-10-12-18)25(24)30(27,28)19-15-13-17(2)14-16-19/h1,8-16,20-21H,2-6H3/t20-,21+,24+,25?/m1/s1. The topological polar surface area (TPSA) is 63.5 Å². The summed E-state index contributed by atoms with van der Waals surface area (Å²) in [5.74, 6) is 2.05. The molecule has 2 aromatic rings. The molecule has 6 heteroatoms. The molecule has 1 aliphatic heterocycles. The van der Waals surface area contributed by atoms with Crippen LogP contribution in [0.3, 0.4) is 0 Å². The van der Waals surface area contributed by atoms with Crippen LogP contribution in [0, 0.1) is 24.7 Å². The first-order chi connectivity index (χ1) is 13.9. The number of aryl methyl sites for hydroxylation is 1. The minimum Gasteiger partial charge on any atom is -0.447 e. The zero-order valence-electron chi connectivity index (χ0n) is 17.9. The van der Waals surface area contributed by atoms with Crippen LogP contribution in [-0.4, -0.2) is 30.3 Å². The predicted molar refractivity (Wildman–Crippen MR) is 116 cm³/mol. The van der Waals surface area contributed by atoms with Gasteiger partial charge in [0, 0.05) is 0 Å². The Hall–Kier alpha value is -2.62. The van der Waals surface area contributed by atoms with Gasteiger partial charge in [0.05, 0.1) is 16.4 Å². The summed E-state index contributed by atoms with van der Waals surface area (Å²) in [7, 11) is -3.87. The van der Waals surface area contributed by atoms with Gasteiger partial charge in [-0.25, -0.2) is 8.42 Å². The van der Waals surface area contributed by atoms with Crippen LogP contribution < -0.4 is 0 Å². The molecule has 1 heterocycles. The number of rotatable bonds is 5. The van der Waals surface area contributed by atoms with Gasteiger partial charge in [0.1, 0.15) is 5.54 Å². The molecule has 1 unspecified atom stereocenters. The number of sulfonamides is 1. The first-order valence-electron chi connectivity index (χ1n) is 9.77. The maximum absolute atomic E-state index is 13.5. The summed E-state index contributed by atoms with van der Waals surface area (Å²) < 4.78 is 34.1. The second-order valence-electron chi connectivity index (χ2n) is 8.85. The molecule has 0 bridgehead atoms. The lowest BCUT2D eigenvalue weighted by atomic mass is 9.94. The number of esters is 1. The van der Waals surface area contributed by atoms with Crippen molar-refractivity contribution in [1.82, 2.24) is 4.31 Å². The van der Waals surface area contributed by atoms with E-state index in [1.807, 2.05) is 37.3 Å². The number of hydrogen-bond acceptors (Lipinski definition) is 4.